The minimum absolute atomic E-state index is 0.0118. The SMILES string of the molecule is CCOc1nn(CCO)c2c1/C=C/c1[nH]nc3c(C)nc(cc13)-c1c(COC)nn(C)c1OC(C)C(C)N(C)C2. The van der Waals surface area contributed by atoms with E-state index in [-0.39, 0.29) is 18.8 Å². The fraction of sp³-hybridized carbons (Fsp3) is 0.500. The Bertz CT molecular complexity index is 1540. The number of ether oxygens (including phenoxy) is 3. The van der Waals surface area contributed by atoms with E-state index in [0.717, 1.165) is 50.5 Å². The molecule has 2 bridgehead atoms. The average Bonchev–Trinajstić information content (AvgIpc) is 3.56. The van der Waals surface area contributed by atoms with Crippen molar-refractivity contribution in [1.29, 1.82) is 0 Å². The number of fused-ring (bicyclic) bond motifs is 4. The normalized spacial score (nSPS) is 18.7. The number of aromatic nitrogens is 7. The van der Waals surface area contributed by atoms with Crippen molar-refractivity contribution in [2.75, 3.05) is 27.4 Å². The molecule has 1 aliphatic heterocycles. The molecule has 4 aromatic rings. The molecule has 0 fully saturated rings. The molecule has 0 saturated heterocycles. The van der Waals surface area contributed by atoms with Crippen LogP contribution >= 0.6 is 0 Å². The zero-order valence-corrected chi connectivity index (χ0v) is 24.2. The van der Waals surface area contributed by atoms with Crippen molar-refractivity contribution in [3.05, 3.63) is 34.4 Å². The quantitative estimate of drug-likeness (QED) is 0.372. The van der Waals surface area contributed by atoms with E-state index in [1.807, 2.05) is 43.8 Å². The number of aromatic amines is 1. The van der Waals surface area contributed by atoms with Crippen LogP contribution in [0.25, 0.3) is 34.3 Å². The van der Waals surface area contributed by atoms with E-state index in [1.165, 1.54) is 0 Å². The molecule has 2 unspecified atom stereocenters. The van der Waals surface area contributed by atoms with Crippen LogP contribution in [-0.4, -0.2) is 84.3 Å². The van der Waals surface area contributed by atoms with E-state index in [1.54, 1.807) is 11.8 Å². The summed E-state index contributed by atoms with van der Waals surface area (Å²) in [6, 6.07) is 2.03. The standard InChI is InChI=1S/C28H38N8O4/c1-8-39-27-19-9-10-21-20-13-22(29-16(2)26(20)31-30-21)25-23(15-38-7)32-35(6)28(25)40-18(4)17(3)34(5)14-24(19)36(33-27)11-12-37/h9-10,13,17-18,37H,8,11-12,14-15H2,1-7H3,(H,30,31)/b10-9+. The second kappa shape index (κ2) is 11.4. The lowest BCUT2D eigenvalue weighted by molar-refractivity contribution is 0.0920. The monoisotopic (exact) mass is 550 g/mol. The summed E-state index contributed by atoms with van der Waals surface area (Å²) < 4.78 is 21.7. The molecule has 2 N–H and O–H groups in total. The van der Waals surface area contributed by atoms with Gasteiger partial charge < -0.3 is 19.3 Å². The van der Waals surface area contributed by atoms with Gasteiger partial charge in [-0.2, -0.15) is 10.2 Å². The lowest BCUT2D eigenvalue weighted by Gasteiger charge is -2.30. The molecule has 0 radical (unpaired) electrons. The Morgan fingerprint density at radius 2 is 2.00 bits per heavy atom. The van der Waals surface area contributed by atoms with Gasteiger partial charge >= 0.3 is 0 Å². The summed E-state index contributed by atoms with van der Waals surface area (Å²) in [5, 5.41) is 27.9. The van der Waals surface area contributed by atoms with Crippen LogP contribution in [0.15, 0.2) is 6.07 Å². The number of hydrogen-bond donors (Lipinski definition) is 2. The second-order valence-corrected chi connectivity index (χ2v) is 10.2. The summed E-state index contributed by atoms with van der Waals surface area (Å²) in [5.74, 6) is 1.16. The zero-order chi connectivity index (χ0) is 28.6. The number of hydrogen-bond acceptors (Lipinski definition) is 9. The molecule has 12 heteroatoms. The van der Waals surface area contributed by atoms with E-state index < -0.39 is 0 Å². The Hall–Kier alpha value is -3.74. The van der Waals surface area contributed by atoms with Crippen LogP contribution in [0.2, 0.25) is 0 Å². The van der Waals surface area contributed by atoms with E-state index in [0.29, 0.717) is 38.1 Å². The molecule has 40 heavy (non-hydrogen) atoms. The summed E-state index contributed by atoms with van der Waals surface area (Å²) in [6.45, 7) is 9.76. The van der Waals surface area contributed by atoms with E-state index in [4.69, 9.17) is 29.4 Å². The van der Waals surface area contributed by atoms with Crippen molar-refractivity contribution >= 4 is 23.1 Å². The maximum Gasteiger partial charge on any atom is 0.240 e. The molecule has 12 nitrogen and oxygen atoms in total. The van der Waals surface area contributed by atoms with Gasteiger partial charge in [-0.15, -0.1) is 5.10 Å². The van der Waals surface area contributed by atoms with E-state index in [9.17, 15) is 5.11 Å². The first-order chi connectivity index (χ1) is 19.3. The maximum absolute atomic E-state index is 9.78. The van der Waals surface area contributed by atoms with Crippen molar-refractivity contribution in [3.8, 4) is 23.0 Å². The highest BCUT2D eigenvalue weighted by atomic mass is 16.5. The van der Waals surface area contributed by atoms with Gasteiger partial charge in [0.05, 0.1) is 60.3 Å². The molecule has 0 amide bonds. The number of nitrogens with one attached hydrogen (secondary N) is 1. The lowest BCUT2D eigenvalue weighted by Crippen LogP contribution is -2.41. The number of nitrogens with zero attached hydrogens (tertiary/aromatic N) is 7. The van der Waals surface area contributed by atoms with Crippen LogP contribution in [0.4, 0.5) is 0 Å². The Kier molecular flexibility index (Phi) is 7.92. The Labute approximate surface area is 233 Å². The van der Waals surface area contributed by atoms with Gasteiger partial charge in [0.1, 0.15) is 17.3 Å². The molecule has 4 aromatic heterocycles. The van der Waals surface area contributed by atoms with Gasteiger partial charge in [-0.1, -0.05) is 0 Å². The van der Waals surface area contributed by atoms with Crippen LogP contribution in [0, 0.1) is 6.92 Å². The molecular weight excluding hydrogens is 512 g/mol. The van der Waals surface area contributed by atoms with Crippen molar-refractivity contribution < 1.29 is 19.3 Å². The molecule has 5 heterocycles. The van der Waals surface area contributed by atoms with E-state index >= 15 is 0 Å². The molecule has 0 aromatic carbocycles. The van der Waals surface area contributed by atoms with Crippen LogP contribution in [0.1, 0.15) is 49.1 Å². The number of H-pyrrole nitrogens is 1. The first kappa shape index (κ1) is 27.8. The van der Waals surface area contributed by atoms with Gasteiger partial charge in [0.2, 0.25) is 11.8 Å². The predicted molar refractivity (Wildman–Crippen MR) is 152 cm³/mol. The number of methoxy groups -OCH3 is 1. The average molecular weight is 551 g/mol. The molecule has 214 valence electrons. The second-order valence-electron chi connectivity index (χ2n) is 10.2. The molecular formula is C28H38N8O4. The summed E-state index contributed by atoms with van der Waals surface area (Å²) in [6.07, 6.45) is 3.80. The minimum atomic E-state index is -0.200. The summed E-state index contributed by atoms with van der Waals surface area (Å²) in [5.41, 5.74) is 6.51. The van der Waals surface area contributed by atoms with Gasteiger partial charge in [0.25, 0.3) is 0 Å². The Balaban J connectivity index is 1.76. The highest BCUT2D eigenvalue weighted by molar-refractivity contribution is 5.93. The number of aryl methyl sites for hydroxylation is 2. The topological polar surface area (TPSA) is 128 Å². The number of pyridine rings is 1. The zero-order valence-electron chi connectivity index (χ0n) is 24.2. The fourth-order valence-electron chi connectivity index (χ4n) is 5.16. The molecule has 1 aliphatic rings. The summed E-state index contributed by atoms with van der Waals surface area (Å²) in [7, 11) is 5.58. The highest BCUT2D eigenvalue weighted by Gasteiger charge is 2.28. The van der Waals surface area contributed by atoms with Crippen molar-refractivity contribution in [2.45, 2.75) is 59.5 Å². The van der Waals surface area contributed by atoms with Crippen LogP contribution in [0.5, 0.6) is 11.8 Å². The van der Waals surface area contributed by atoms with Crippen LogP contribution < -0.4 is 9.47 Å². The van der Waals surface area contributed by atoms with Gasteiger partial charge in [-0.05, 0) is 53.0 Å². The number of aliphatic hydroxyl groups excluding tert-OH is 1. The molecule has 5 rings (SSSR count). The van der Waals surface area contributed by atoms with Crippen LogP contribution in [0.3, 0.4) is 0 Å². The van der Waals surface area contributed by atoms with Crippen molar-refractivity contribution in [2.24, 2.45) is 7.05 Å². The summed E-state index contributed by atoms with van der Waals surface area (Å²) in [4.78, 5) is 7.13. The number of rotatable bonds is 6. The summed E-state index contributed by atoms with van der Waals surface area (Å²) >= 11 is 0. The molecule has 0 aliphatic carbocycles. The first-order valence-corrected chi connectivity index (χ1v) is 13.6. The number of likely N-dealkylation sites (N-methyl/N-ethyl adjacent to an activating group) is 1. The first-order valence-electron chi connectivity index (χ1n) is 13.6. The minimum Gasteiger partial charge on any atom is -0.476 e. The van der Waals surface area contributed by atoms with Gasteiger partial charge in [0, 0.05) is 32.1 Å². The smallest absolute Gasteiger partial charge is 0.240 e. The van der Waals surface area contributed by atoms with Crippen molar-refractivity contribution in [3.63, 3.8) is 0 Å². The Morgan fingerprint density at radius 3 is 2.73 bits per heavy atom. The van der Waals surface area contributed by atoms with Gasteiger partial charge in [0.15, 0.2) is 0 Å². The maximum atomic E-state index is 9.78. The predicted octanol–water partition coefficient (Wildman–Crippen LogP) is 3.17. The molecule has 0 spiro atoms. The van der Waals surface area contributed by atoms with Crippen molar-refractivity contribution in [1.82, 2.24) is 39.6 Å². The third kappa shape index (κ3) is 4.98. The lowest BCUT2D eigenvalue weighted by atomic mass is 10.1. The molecule has 2 atom stereocenters. The largest absolute Gasteiger partial charge is 0.476 e. The number of aliphatic hydroxyl groups is 1. The van der Waals surface area contributed by atoms with Gasteiger partial charge in [-0.3, -0.25) is 19.7 Å². The van der Waals surface area contributed by atoms with Crippen LogP contribution in [-0.2, 0) is 31.5 Å². The van der Waals surface area contributed by atoms with Gasteiger partial charge in [-0.25, -0.2) is 4.68 Å². The Morgan fingerprint density at radius 1 is 1.20 bits per heavy atom. The third-order valence-corrected chi connectivity index (χ3v) is 7.49. The fourth-order valence-corrected chi connectivity index (χ4v) is 5.16. The third-order valence-electron chi connectivity index (χ3n) is 7.49. The molecule has 0 saturated carbocycles. The highest BCUT2D eigenvalue weighted by Crippen LogP contribution is 2.37. The van der Waals surface area contributed by atoms with E-state index in [2.05, 4.69) is 36.0 Å².